The molecule has 0 radical (unpaired) electrons. The third-order valence-electron chi connectivity index (χ3n) is 2.69. The van der Waals surface area contributed by atoms with Crippen molar-refractivity contribution in [3.63, 3.8) is 0 Å². The predicted molar refractivity (Wildman–Crippen MR) is 87.0 cm³/mol. The fourth-order valence-electron chi connectivity index (χ4n) is 1.76. The smallest absolute Gasteiger partial charge is 0.223 e. The standard InChI is InChI=1S/C15H18N6O/c16-14(17)21-15(18)20-12-6-1-2-7-13(12)22-10-8-11-5-3-4-9-19-11/h1-7,9H,8,10H2,(H6,16,17,18,20,21). The summed E-state index contributed by atoms with van der Waals surface area (Å²) in [5.74, 6) is 0.433. The van der Waals surface area contributed by atoms with Gasteiger partial charge in [0.25, 0.3) is 0 Å². The quantitative estimate of drug-likeness (QED) is 0.559. The number of nitrogens with zero attached hydrogens (tertiary/aromatic N) is 3. The van der Waals surface area contributed by atoms with Crippen molar-refractivity contribution in [2.75, 3.05) is 6.61 Å². The van der Waals surface area contributed by atoms with Crippen LogP contribution in [0.2, 0.25) is 0 Å². The summed E-state index contributed by atoms with van der Waals surface area (Å²) in [6, 6.07) is 13.0. The van der Waals surface area contributed by atoms with Gasteiger partial charge in [0.1, 0.15) is 11.4 Å². The van der Waals surface area contributed by atoms with Crippen molar-refractivity contribution < 1.29 is 4.74 Å². The molecule has 0 amide bonds. The second-order valence-corrected chi connectivity index (χ2v) is 4.39. The number of hydrogen-bond donors (Lipinski definition) is 3. The molecule has 0 aliphatic rings. The minimum absolute atomic E-state index is 0.0271. The summed E-state index contributed by atoms with van der Waals surface area (Å²) >= 11 is 0. The Morgan fingerprint density at radius 1 is 1.05 bits per heavy atom. The molecule has 0 saturated carbocycles. The second kappa shape index (κ2) is 7.63. The van der Waals surface area contributed by atoms with Crippen LogP contribution in [0.15, 0.2) is 58.6 Å². The van der Waals surface area contributed by atoms with Crippen molar-refractivity contribution in [2.24, 2.45) is 27.2 Å². The Morgan fingerprint density at radius 2 is 1.82 bits per heavy atom. The lowest BCUT2D eigenvalue weighted by molar-refractivity contribution is 0.321. The number of aromatic nitrogens is 1. The van der Waals surface area contributed by atoms with Crippen LogP contribution in [0.1, 0.15) is 5.69 Å². The maximum Gasteiger partial charge on any atom is 0.223 e. The highest BCUT2D eigenvalue weighted by molar-refractivity contribution is 5.93. The van der Waals surface area contributed by atoms with E-state index >= 15 is 0 Å². The van der Waals surface area contributed by atoms with Crippen molar-refractivity contribution in [1.29, 1.82) is 0 Å². The molecule has 0 atom stereocenters. The Kier molecular flexibility index (Phi) is 5.31. The van der Waals surface area contributed by atoms with E-state index in [-0.39, 0.29) is 11.9 Å². The van der Waals surface area contributed by atoms with E-state index in [4.69, 9.17) is 21.9 Å². The minimum Gasteiger partial charge on any atom is -0.491 e. The molecule has 0 saturated heterocycles. The average molecular weight is 298 g/mol. The summed E-state index contributed by atoms with van der Waals surface area (Å²) in [5.41, 5.74) is 17.7. The van der Waals surface area contributed by atoms with Gasteiger partial charge in [-0.2, -0.15) is 4.99 Å². The zero-order chi connectivity index (χ0) is 15.8. The largest absolute Gasteiger partial charge is 0.491 e. The van der Waals surface area contributed by atoms with Gasteiger partial charge in [-0.15, -0.1) is 0 Å². The molecule has 0 fully saturated rings. The molecule has 6 N–H and O–H groups in total. The number of ether oxygens (including phenoxy) is 1. The Hall–Kier alpha value is -3.09. The number of guanidine groups is 2. The fourth-order valence-corrected chi connectivity index (χ4v) is 1.76. The van der Waals surface area contributed by atoms with Crippen molar-refractivity contribution in [2.45, 2.75) is 6.42 Å². The van der Waals surface area contributed by atoms with Crippen molar-refractivity contribution in [1.82, 2.24) is 4.98 Å². The summed E-state index contributed by atoms with van der Waals surface area (Å²) in [6.45, 7) is 0.478. The van der Waals surface area contributed by atoms with Crippen LogP contribution in [0.4, 0.5) is 5.69 Å². The molecule has 0 bridgehead atoms. The van der Waals surface area contributed by atoms with E-state index in [9.17, 15) is 0 Å². The van der Waals surface area contributed by atoms with Crippen LogP contribution in [0.5, 0.6) is 5.75 Å². The van der Waals surface area contributed by atoms with E-state index < -0.39 is 0 Å². The number of rotatable bonds is 5. The highest BCUT2D eigenvalue weighted by Crippen LogP contribution is 2.26. The molecule has 7 nitrogen and oxygen atoms in total. The number of aliphatic imine (C=N–C) groups is 2. The normalized spacial score (nSPS) is 11.0. The number of benzene rings is 1. The molecule has 0 spiro atoms. The van der Waals surface area contributed by atoms with Crippen LogP contribution < -0.4 is 21.9 Å². The van der Waals surface area contributed by atoms with Gasteiger partial charge < -0.3 is 21.9 Å². The zero-order valence-corrected chi connectivity index (χ0v) is 12.0. The van der Waals surface area contributed by atoms with Gasteiger partial charge in [0.15, 0.2) is 5.96 Å². The van der Waals surface area contributed by atoms with Gasteiger partial charge in [-0.3, -0.25) is 4.98 Å². The van der Waals surface area contributed by atoms with Gasteiger partial charge in [-0.1, -0.05) is 18.2 Å². The molecular weight excluding hydrogens is 280 g/mol. The molecule has 2 rings (SSSR count). The van der Waals surface area contributed by atoms with Crippen LogP contribution in [0.3, 0.4) is 0 Å². The molecule has 22 heavy (non-hydrogen) atoms. The molecule has 0 unspecified atom stereocenters. The first kappa shape index (κ1) is 15.3. The summed E-state index contributed by atoms with van der Waals surface area (Å²) in [4.78, 5) is 12.0. The molecule has 1 heterocycles. The first-order valence-corrected chi connectivity index (χ1v) is 6.70. The van der Waals surface area contributed by atoms with Crippen molar-refractivity contribution in [3.8, 4) is 5.75 Å². The van der Waals surface area contributed by atoms with Crippen LogP contribution in [-0.2, 0) is 6.42 Å². The van der Waals surface area contributed by atoms with Gasteiger partial charge in [-0.25, -0.2) is 4.99 Å². The lowest BCUT2D eigenvalue weighted by Crippen LogP contribution is -2.26. The Morgan fingerprint density at radius 3 is 2.55 bits per heavy atom. The fraction of sp³-hybridized carbons (Fsp3) is 0.133. The van der Waals surface area contributed by atoms with Crippen molar-refractivity contribution in [3.05, 3.63) is 54.4 Å². The van der Waals surface area contributed by atoms with Crippen LogP contribution in [-0.4, -0.2) is 23.5 Å². The summed E-state index contributed by atoms with van der Waals surface area (Å²) < 4.78 is 5.73. The molecule has 1 aromatic carbocycles. The van der Waals surface area contributed by atoms with E-state index in [1.165, 1.54) is 0 Å². The number of pyridine rings is 1. The van der Waals surface area contributed by atoms with E-state index in [0.717, 1.165) is 5.69 Å². The maximum absolute atomic E-state index is 5.73. The first-order valence-electron chi connectivity index (χ1n) is 6.70. The molecule has 0 aliphatic heterocycles. The first-order chi connectivity index (χ1) is 10.6. The number of nitrogens with two attached hydrogens (primary N) is 3. The van der Waals surface area contributed by atoms with Gasteiger partial charge in [-0.05, 0) is 24.3 Å². The molecule has 1 aromatic heterocycles. The highest BCUT2D eigenvalue weighted by atomic mass is 16.5. The summed E-state index contributed by atoms with van der Waals surface area (Å²) in [7, 11) is 0. The SMILES string of the molecule is NC(N)=NC(N)=Nc1ccccc1OCCc1ccccn1. The van der Waals surface area contributed by atoms with E-state index in [1.807, 2.05) is 30.3 Å². The Labute approximate surface area is 128 Å². The van der Waals surface area contributed by atoms with Gasteiger partial charge >= 0.3 is 0 Å². The average Bonchev–Trinajstić information content (AvgIpc) is 2.49. The van der Waals surface area contributed by atoms with Crippen LogP contribution in [0.25, 0.3) is 0 Å². The highest BCUT2D eigenvalue weighted by Gasteiger charge is 2.03. The monoisotopic (exact) mass is 298 g/mol. The second-order valence-electron chi connectivity index (χ2n) is 4.39. The van der Waals surface area contributed by atoms with E-state index in [2.05, 4.69) is 15.0 Å². The molecule has 2 aromatic rings. The Bertz CT molecular complexity index is 665. The minimum atomic E-state index is -0.144. The topological polar surface area (TPSA) is 125 Å². The van der Waals surface area contributed by atoms with Gasteiger partial charge in [0, 0.05) is 18.3 Å². The summed E-state index contributed by atoms with van der Waals surface area (Å²) in [6.07, 6.45) is 2.45. The van der Waals surface area contributed by atoms with Gasteiger partial charge in [0.05, 0.1) is 6.61 Å². The third-order valence-corrected chi connectivity index (χ3v) is 2.69. The maximum atomic E-state index is 5.73. The molecule has 114 valence electrons. The lowest BCUT2D eigenvalue weighted by atomic mass is 10.3. The molecule has 0 aliphatic carbocycles. The van der Waals surface area contributed by atoms with E-state index in [1.54, 1.807) is 18.3 Å². The van der Waals surface area contributed by atoms with Crippen LogP contribution in [0, 0.1) is 0 Å². The third kappa shape index (κ3) is 4.78. The Balaban J connectivity index is 2.04. The summed E-state index contributed by atoms with van der Waals surface area (Å²) in [5, 5.41) is 0. The molecule has 7 heteroatoms. The van der Waals surface area contributed by atoms with E-state index in [0.29, 0.717) is 24.5 Å². The van der Waals surface area contributed by atoms with Crippen LogP contribution >= 0.6 is 0 Å². The predicted octanol–water partition coefficient (Wildman–Crippen LogP) is 0.923. The molecular formula is C15H18N6O. The zero-order valence-electron chi connectivity index (χ0n) is 12.0. The van der Waals surface area contributed by atoms with Crippen molar-refractivity contribution >= 4 is 17.6 Å². The lowest BCUT2D eigenvalue weighted by Gasteiger charge is -2.08. The van der Waals surface area contributed by atoms with Gasteiger partial charge in [0.2, 0.25) is 5.96 Å². The number of hydrogen-bond acceptors (Lipinski definition) is 3. The number of para-hydroxylation sites is 2.